The van der Waals surface area contributed by atoms with Crippen molar-refractivity contribution in [1.29, 1.82) is 0 Å². The van der Waals surface area contributed by atoms with Crippen LogP contribution >= 0.6 is 0 Å². The number of hydrogen-bond acceptors (Lipinski definition) is 3. The van der Waals surface area contributed by atoms with Crippen molar-refractivity contribution in [2.75, 3.05) is 19.8 Å². The van der Waals surface area contributed by atoms with Crippen molar-refractivity contribution in [3.05, 3.63) is 6.92 Å². The Morgan fingerprint density at radius 1 is 0.938 bits per heavy atom. The highest BCUT2D eigenvalue weighted by Gasteiger charge is 2.07. The maximum absolute atomic E-state index is 5.61. The average Bonchev–Trinajstić information content (AvgIpc) is 2.24. The van der Waals surface area contributed by atoms with E-state index in [1.165, 1.54) is 6.42 Å². The van der Waals surface area contributed by atoms with Crippen molar-refractivity contribution in [2.24, 2.45) is 0 Å². The molecule has 0 fully saturated rings. The van der Waals surface area contributed by atoms with Crippen LogP contribution in [0.25, 0.3) is 0 Å². The molecule has 0 saturated carbocycles. The summed E-state index contributed by atoms with van der Waals surface area (Å²) < 4.78 is 16.5. The van der Waals surface area contributed by atoms with E-state index in [1.807, 2.05) is 20.8 Å². The Labute approximate surface area is 100 Å². The quantitative estimate of drug-likeness (QED) is 0.541. The van der Waals surface area contributed by atoms with Crippen LogP contribution in [0.3, 0.4) is 0 Å². The molecule has 0 aliphatic heterocycles. The summed E-state index contributed by atoms with van der Waals surface area (Å²) in [6.45, 7) is 13.9. The minimum Gasteiger partial charge on any atom is -0.376 e. The predicted molar refractivity (Wildman–Crippen MR) is 66.5 cm³/mol. The van der Waals surface area contributed by atoms with E-state index >= 15 is 0 Å². The first kappa shape index (κ1) is 15.9. The molecule has 0 amide bonds. The SMILES string of the molecule is [CH2]C(C)OCC(C)OCC(C)OCCCC. The smallest absolute Gasteiger partial charge is 0.0781 e. The van der Waals surface area contributed by atoms with Crippen molar-refractivity contribution in [3.8, 4) is 0 Å². The number of rotatable bonds is 10. The predicted octanol–water partition coefficient (Wildman–Crippen LogP) is 2.84. The fraction of sp³-hybridized carbons (Fsp3) is 0.923. The molecule has 3 heteroatoms. The first-order chi connectivity index (χ1) is 7.56. The Bertz CT molecular complexity index is 148. The third kappa shape index (κ3) is 10.4. The van der Waals surface area contributed by atoms with Gasteiger partial charge in [-0.3, -0.25) is 0 Å². The second-order valence-corrected chi connectivity index (χ2v) is 4.32. The summed E-state index contributed by atoms with van der Waals surface area (Å²) in [4.78, 5) is 0. The van der Waals surface area contributed by atoms with Crippen molar-refractivity contribution in [2.45, 2.75) is 58.8 Å². The van der Waals surface area contributed by atoms with Crippen molar-refractivity contribution in [1.82, 2.24) is 0 Å². The first-order valence-corrected chi connectivity index (χ1v) is 6.24. The zero-order valence-corrected chi connectivity index (χ0v) is 11.2. The molecule has 3 unspecified atom stereocenters. The topological polar surface area (TPSA) is 27.7 Å². The standard InChI is InChI=1S/C13H27O3/c1-6-7-8-14-12(4)10-16-13(5)9-15-11(2)3/h11-13H,2,6-10H2,1,3-5H3. The van der Waals surface area contributed by atoms with E-state index in [1.54, 1.807) is 0 Å². The Hall–Kier alpha value is -0.120. The van der Waals surface area contributed by atoms with E-state index in [0.717, 1.165) is 13.0 Å². The van der Waals surface area contributed by atoms with E-state index < -0.39 is 0 Å². The lowest BCUT2D eigenvalue weighted by molar-refractivity contribution is -0.0630. The van der Waals surface area contributed by atoms with Crippen LogP contribution in [-0.2, 0) is 14.2 Å². The van der Waals surface area contributed by atoms with Gasteiger partial charge >= 0.3 is 0 Å². The van der Waals surface area contributed by atoms with Gasteiger partial charge in [-0.05, 0) is 34.1 Å². The van der Waals surface area contributed by atoms with Crippen LogP contribution in [0.1, 0.15) is 40.5 Å². The van der Waals surface area contributed by atoms with Gasteiger partial charge in [0.1, 0.15) is 0 Å². The van der Waals surface area contributed by atoms with Gasteiger partial charge in [0.15, 0.2) is 0 Å². The molecule has 16 heavy (non-hydrogen) atoms. The highest BCUT2D eigenvalue weighted by molar-refractivity contribution is 4.55. The van der Waals surface area contributed by atoms with Gasteiger partial charge in [0.2, 0.25) is 0 Å². The molecule has 0 heterocycles. The van der Waals surface area contributed by atoms with E-state index in [0.29, 0.717) is 13.2 Å². The normalized spacial score (nSPS) is 15.4. The second kappa shape index (κ2) is 10.1. The fourth-order valence-corrected chi connectivity index (χ4v) is 1.12. The van der Waals surface area contributed by atoms with Crippen LogP contribution in [-0.4, -0.2) is 38.1 Å². The summed E-state index contributed by atoms with van der Waals surface area (Å²) in [5, 5.41) is 0. The molecule has 0 saturated heterocycles. The van der Waals surface area contributed by atoms with Gasteiger partial charge in [-0.1, -0.05) is 13.3 Å². The minimum atomic E-state index is 0.0178. The minimum absolute atomic E-state index is 0.0178. The van der Waals surface area contributed by atoms with Crippen LogP contribution in [0, 0.1) is 6.92 Å². The molecule has 3 atom stereocenters. The Morgan fingerprint density at radius 2 is 1.50 bits per heavy atom. The molecular weight excluding hydrogens is 204 g/mol. The first-order valence-electron chi connectivity index (χ1n) is 6.24. The monoisotopic (exact) mass is 231 g/mol. The summed E-state index contributed by atoms with van der Waals surface area (Å²) in [7, 11) is 0. The largest absolute Gasteiger partial charge is 0.376 e. The molecule has 0 aliphatic carbocycles. The molecule has 0 N–H and O–H groups in total. The van der Waals surface area contributed by atoms with Crippen LogP contribution in [0.2, 0.25) is 0 Å². The van der Waals surface area contributed by atoms with Gasteiger partial charge in [0, 0.05) is 6.61 Å². The maximum Gasteiger partial charge on any atom is 0.0781 e. The van der Waals surface area contributed by atoms with E-state index in [9.17, 15) is 0 Å². The molecule has 0 bridgehead atoms. The zero-order valence-electron chi connectivity index (χ0n) is 11.2. The number of ether oxygens (including phenoxy) is 3. The van der Waals surface area contributed by atoms with Gasteiger partial charge in [0.25, 0.3) is 0 Å². The lowest BCUT2D eigenvalue weighted by Crippen LogP contribution is -2.24. The highest BCUT2D eigenvalue weighted by Crippen LogP contribution is 2.00. The lowest BCUT2D eigenvalue weighted by atomic mass is 10.3. The van der Waals surface area contributed by atoms with Crippen molar-refractivity contribution in [3.63, 3.8) is 0 Å². The van der Waals surface area contributed by atoms with Gasteiger partial charge in [-0.2, -0.15) is 0 Å². The Kier molecular flexibility index (Phi) is 9.99. The van der Waals surface area contributed by atoms with E-state index in [4.69, 9.17) is 14.2 Å². The van der Waals surface area contributed by atoms with Crippen LogP contribution in [0.4, 0.5) is 0 Å². The number of unbranched alkanes of at least 4 members (excludes halogenated alkanes) is 1. The molecule has 0 aromatic rings. The maximum atomic E-state index is 5.61. The molecule has 1 radical (unpaired) electrons. The van der Waals surface area contributed by atoms with Crippen molar-refractivity contribution >= 4 is 0 Å². The molecule has 97 valence electrons. The van der Waals surface area contributed by atoms with Gasteiger partial charge in [-0.15, -0.1) is 0 Å². The Balaban J connectivity index is 3.39. The van der Waals surface area contributed by atoms with Crippen molar-refractivity contribution < 1.29 is 14.2 Å². The lowest BCUT2D eigenvalue weighted by Gasteiger charge is -2.18. The average molecular weight is 231 g/mol. The van der Waals surface area contributed by atoms with Crippen LogP contribution in [0.15, 0.2) is 0 Å². The summed E-state index contributed by atoms with van der Waals surface area (Å²) in [6, 6.07) is 0. The molecule has 0 aliphatic rings. The molecule has 0 aromatic heterocycles. The second-order valence-electron chi connectivity index (χ2n) is 4.32. The third-order valence-electron chi connectivity index (χ3n) is 2.13. The Morgan fingerprint density at radius 3 is 2.06 bits per heavy atom. The summed E-state index contributed by atoms with van der Waals surface area (Å²) in [6.07, 6.45) is 2.55. The third-order valence-corrected chi connectivity index (χ3v) is 2.13. The molecule has 0 rings (SSSR count). The summed E-state index contributed by atoms with van der Waals surface area (Å²) in [5.41, 5.74) is 0. The van der Waals surface area contributed by atoms with Gasteiger partial charge < -0.3 is 14.2 Å². The van der Waals surface area contributed by atoms with E-state index in [-0.39, 0.29) is 18.3 Å². The van der Waals surface area contributed by atoms with Gasteiger partial charge in [-0.25, -0.2) is 0 Å². The van der Waals surface area contributed by atoms with Crippen LogP contribution in [0.5, 0.6) is 0 Å². The molecule has 0 aromatic carbocycles. The van der Waals surface area contributed by atoms with Gasteiger partial charge in [0.05, 0.1) is 31.5 Å². The zero-order chi connectivity index (χ0) is 12.4. The molecule has 3 nitrogen and oxygen atoms in total. The fourth-order valence-electron chi connectivity index (χ4n) is 1.12. The molecule has 0 spiro atoms. The highest BCUT2D eigenvalue weighted by atomic mass is 16.6. The van der Waals surface area contributed by atoms with Crippen LogP contribution < -0.4 is 0 Å². The number of hydrogen-bond donors (Lipinski definition) is 0. The molecular formula is C13H27O3. The summed E-state index contributed by atoms with van der Waals surface area (Å²) >= 11 is 0. The van der Waals surface area contributed by atoms with E-state index in [2.05, 4.69) is 13.8 Å². The summed E-state index contributed by atoms with van der Waals surface area (Å²) in [5.74, 6) is 0.